The fourth-order valence-corrected chi connectivity index (χ4v) is 0.932. The minimum absolute atomic E-state index is 0.280. The topological polar surface area (TPSA) is 111 Å². The van der Waals surface area contributed by atoms with Crippen LogP contribution >= 0.6 is 0 Å². The number of hydrogen-bond donors (Lipinski definition) is 2. The molecule has 0 aliphatic carbocycles. The number of pyridine rings is 1. The van der Waals surface area contributed by atoms with Crippen molar-refractivity contribution in [2.24, 2.45) is 5.84 Å². The molecule has 1 rings (SSSR count). The number of rotatable bonds is 2. The van der Waals surface area contributed by atoms with Gasteiger partial charge in [-0.3, -0.25) is 20.3 Å². The summed E-state index contributed by atoms with van der Waals surface area (Å²) in [5.74, 6) is 4.08. The Hall–Kier alpha value is -2.02. The summed E-state index contributed by atoms with van der Waals surface area (Å²) < 4.78 is 0. The van der Waals surface area contributed by atoms with E-state index in [1.807, 2.05) is 0 Å². The number of carbonyl (C=O) groups is 1. The van der Waals surface area contributed by atoms with E-state index in [0.717, 1.165) is 0 Å². The summed E-state index contributed by atoms with van der Waals surface area (Å²) in [6, 6.07) is 2.67. The Morgan fingerprint density at radius 2 is 2.29 bits per heavy atom. The van der Waals surface area contributed by atoms with Crippen LogP contribution in [-0.2, 0) is 0 Å². The number of nitrogens with zero attached hydrogens (tertiary/aromatic N) is 2. The highest BCUT2D eigenvalue weighted by molar-refractivity contribution is 5.95. The van der Waals surface area contributed by atoms with E-state index in [2.05, 4.69) is 4.98 Å². The fourth-order valence-electron chi connectivity index (χ4n) is 0.932. The fraction of sp³-hybridized carbons (Fsp3) is 0.143. The molecular formula is C7H8N4O3. The molecule has 7 nitrogen and oxygen atoms in total. The number of aromatic nitrogens is 1. The van der Waals surface area contributed by atoms with E-state index in [0.29, 0.717) is 5.69 Å². The van der Waals surface area contributed by atoms with Crippen LogP contribution in [0.1, 0.15) is 16.2 Å². The smallest absolute Gasteiger partial charge is 0.289 e. The quantitative estimate of drug-likeness (QED) is 0.297. The van der Waals surface area contributed by atoms with Crippen molar-refractivity contribution in [3.63, 3.8) is 0 Å². The minimum atomic E-state index is -0.777. The van der Waals surface area contributed by atoms with Crippen LogP contribution in [0.3, 0.4) is 0 Å². The predicted octanol–water partition coefficient (Wildman–Crippen LogP) is -0.0983. The van der Waals surface area contributed by atoms with E-state index < -0.39 is 10.8 Å². The Morgan fingerprint density at radius 3 is 2.79 bits per heavy atom. The third-order valence-corrected chi connectivity index (χ3v) is 1.56. The lowest BCUT2D eigenvalue weighted by Gasteiger charge is -2.00. The van der Waals surface area contributed by atoms with Crippen LogP contribution in [0.15, 0.2) is 12.1 Å². The maximum Gasteiger partial charge on any atom is 0.300 e. The van der Waals surface area contributed by atoms with Gasteiger partial charge in [0.1, 0.15) is 0 Å². The van der Waals surface area contributed by atoms with Gasteiger partial charge in [-0.25, -0.2) is 10.8 Å². The van der Waals surface area contributed by atoms with E-state index >= 15 is 0 Å². The Balaban J connectivity index is 3.29. The molecule has 1 amide bonds. The second kappa shape index (κ2) is 3.79. The number of nitro groups is 1. The number of amides is 1. The van der Waals surface area contributed by atoms with Crippen molar-refractivity contribution in [3.8, 4) is 0 Å². The molecule has 0 saturated carbocycles. The largest absolute Gasteiger partial charge is 0.300 e. The van der Waals surface area contributed by atoms with Crippen molar-refractivity contribution in [3.05, 3.63) is 33.6 Å². The third kappa shape index (κ3) is 1.83. The normalized spacial score (nSPS) is 9.57. The van der Waals surface area contributed by atoms with Crippen LogP contribution in [0.25, 0.3) is 0 Å². The van der Waals surface area contributed by atoms with Gasteiger partial charge < -0.3 is 0 Å². The van der Waals surface area contributed by atoms with Gasteiger partial charge in [0.05, 0.1) is 4.92 Å². The van der Waals surface area contributed by atoms with Gasteiger partial charge in [0.25, 0.3) is 5.91 Å². The van der Waals surface area contributed by atoms with Crippen LogP contribution in [0.4, 0.5) is 5.69 Å². The molecule has 14 heavy (non-hydrogen) atoms. The number of aryl methyl sites for hydroxylation is 1. The Kier molecular flexibility index (Phi) is 2.73. The van der Waals surface area contributed by atoms with Crippen LogP contribution in [0, 0.1) is 17.0 Å². The first-order chi connectivity index (χ1) is 6.56. The first-order valence-electron chi connectivity index (χ1n) is 3.69. The van der Waals surface area contributed by atoms with E-state index in [1.54, 1.807) is 12.3 Å². The number of hydrazine groups is 1. The average molecular weight is 196 g/mol. The molecule has 74 valence electrons. The molecule has 1 heterocycles. The molecular weight excluding hydrogens is 188 g/mol. The lowest BCUT2D eigenvalue weighted by atomic mass is 10.2. The molecule has 0 aromatic carbocycles. The summed E-state index contributed by atoms with van der Waals surface area (Å²) in [4.78, 5) is 24.6. The molecule has 0 unspecified atom stereocenters. The summed E-state index contributed by atoms with van der Waals surface area (Å²) in [7, 11) is 0. The van der Waals surface area contributed by atoms with Crippen LogP contribution < -0.4 is 11.3 Å². The van der Waals surface area contributed by atoms with Gasteiger partial charge in [0.15, 0.2) is 0 Å². The van der Waals surface area contributed by atoms with Crippen molar-refractivity contribution >= 4 is 11.6 Å². The zero-order chi connectivity index (χ0) is 10.7. The van der Waals surface area contributed by atoms with Crippen LogP contribution in [0.2, 0.25) is 0 Å². The molecule has 7 heteroatoms. The summed E-state index contributed by atoms with van der Waals surface area (Å²) in [5.41, 5.74) is 1.66. The SMILES string of the molecule is Cc1ccc([N+](=O)[O-])c(C(=O)NN)n1. The molecule has 0 aliphatic rings. The number of nitrogens with one attached hydrogen (secondary N) is 1. The zero-order valence-corrected chi connectivity index (χ0v) is 7.35. The van der Waals surface area contributed by atoms with Crippen molar-refractivity contribution < 1.29 is 9.72 Å². The van der Waals surface area contributed by atoms with E-state index in [9.17, 15) is 14.9 Å². The number of hydrogen-bond acceptors (Lipinski definition) is 5. The molecule has 0 spiro atoms. The number of carbonyl (C=O) groups excluding carboxylic acids is 1. The Bertz CT molecular complexity index is 391. The predicted molar refractivity (Wildman–Crippen MR) is 47.3 cm³/mol. The summed E-state index contributed by atoms with van der Waals surface area (Å²) >= 11 is 0. The lowest BCUT2D eigenvalue weighted by Crippen LogP contribution is -2.31. The maximum atomic E-state index is 11.1. The van der Waals surface area contributed by atoms with Gasteiger partial charge in [-0.1, -0.05) is 0 Å². The molecule has 0 aliphatic heterocycles. The first-order valence-corrected chi connectivity index (χ1v) is 3.69. The second-order valence-corrected chi connectivity index (χ2v) is 2.55. The van der Waals surface area contributed by atoms with Gasteiger partial charge in [0.2, 0.25) is 5.69 Å². The molecule has 1 aromatic heterocycles. The number of nitrogens with two attached hydrogens (primary N) is 1. The first kappa shape index (κ1) is 10.1. The molecule has 3 N–H and O–H groups in total. The van der Waals surface area contributed by atoms with E-state index in [1.165, 1.54) is 12.1 Å². The molecule has 0 fully saturated rings. The minimum Gasteiger partial charge on any atom is -0.289 e. The van der Waals surface area contributed by atoms with Gasteiger partial charge in [-0.15, -0.1) is 0 Å². The summed E-state index contributed by atoms with van der Waals surface area (Å²) in [6.07, 6.45) is 0. The summed E-state index contributed by atoms with van der Waals surface area (Å²) in [6.45, 7) is 1.62. The molecule has 0 radical (unpaired) electrons. The van der Waals surface area contributed by atoms with E-state index in [4.69, 9.17) is 5.84 Å². The molecule has 0 bridgehead atoms. The summed E-state index contributed by atoms with van der Waals surface area (Å²) in [5, 5.41) is 10.5. The van der Waals surface area contributed by atoms with Gasteiger partial charge in [0, 0.05) is 11.8 Å². The second-order valence-electron chi connectivity index (χ2n) is 2.55. The average Bonchev–Trinajstić information content (AvgIpc) is 2.16. The molecule has 0 saturated heterocycles. The highest BCUT2D eigenvalue weighted by Gasteiger charge is 2.20. The van der Waals surface area contributed by atoms with Crippen LogP contribution in [-0.4, -0.2) is 15.8 Å². The third-order valence-electron chi connectivity index (χ3n) is 1.56. The van der Waals surface area contributed by atoms with Gasteiger partial charge >= 0.3 is 5.69 Å². The van der Waals surface area contributed by atoms with Crippen molar-refractivity contribution in [1.82, 2.24) is 10.4 Å². The van der Waals surface area contributed by atoms with Crippen molar-refractivity contribution in [1.29, 1.82) is 0 Å². The van der Waals surface area contributed by atoms with Crippen molar-refractivity contribution in [2.45, 2.75) is 6.92 Å². The lowest BCUT2D eigenvalue weighted by molar-refractivity contribution is -0.385. The highest BCUT2D eigenvalue weighted by atomic mass is 16.6. The Labute approximate surface area is 79.1 Å². The zero-order valence-electron chi connectivity index (χ0n) is 7.35. The van der Waals surface area contributed by atoms with E-state index in [-0.39, 0.29) is 11.4 Å². The van der Waals surface area contributed by atoms with Crippen LogP contribution in [0.5, 0.6) is 0 Å². The monoisotopic (exact) mass is 196 g/mol. The number of nitrogen functional groups attached to an aromatic ring is 1. The standard InChI is InChI=1S/C7H8N4O3/c1-4-2-3-5(11(13)14)6(9-4)7(12)10-8/h2-3H,8H2,1H3,(H,10,12). The van der Waals surface area contributed by atoms with Gasteiger partial charge in [-0.05, 0) is 13.0 Å². The molecule has 1 aromatic rings. The van der Waals surface area contributed by atoms with Gasteiger partial charge in [-0.2, -0.15) is 0 Å². The highest BCUT2D eigenvalue weighted by Crippen LogP contribution is 2.15. The van der Waals surface area contributed by atoms with Crippen molar-refractivity contribution in [2.75, 3.05) is 0 Å². The maximum absolute atomic E-state index is 11.1. The Morgan fingerprint density at radius 1 is 1.64 bits per heavy atom. The molecule has 0 atom stereocenters.